The lowest BCUT2D eigenvalue weighted by Gasteiger charge is -2.36. The zero-order valence-corrected chi connectivity index (χ0v) is 18.6. The van der Waals surface area contributed by atoms with Gasteiger partial charge in [0.2, 0.25) is 0 Å². The van der Waals surface area contributed by atoms with Gasteiger partial charge in [-0.2, -0.15) is 0 Å². The fourth-order valence-electron chi connectivity index (χ4n) is 5.17. The van der Waals surface area contributed by atoms with Crippen LogP contribution in [0.3, 0.4) is 0 Å². The van der Waals surface area contributed by atoms with Crippen molar-refractivity contribution in [3.8, 4) is 5.69 Å². The molecule has 31 heavy (non-hydrogen) atoms. The molecule has 0 bridgehead atoms. The summed E-state index contributed by atoms with van der Waals surface area (Å²) in [7, 11) is 0. The molecule has 2 aromatic carbocycles. The van der Waals surface area contributed by atoms with Crippen molar-refractivity contribution in [1.29, 1.82) is 0 Å². The molecule has 5 rings (SSSR count). The van der Waals surface area contributed by atoms with Crippen molar-refractivity contribution in [3.05, 3.63) is 83.2 Å². The molecule has 0 saturated carbocycles. The van der Waals surface area contributed by atoms with Crippen LogP contribution in [0.1, 0.15) is 40.7 Å². The van der Waals surface area contributed by atoms with Gasteiger partial charge in [-0.1, -0.05) is 25.1 Å². The Balaban J connectivity index is 1.28. The summed E-state index contributed by atoms with van der Waals surface area (Å²) < 4.78 is 2.38. The minimum atomic E-state index is 0.138. The summed E-state index contributed by atoms with van der Waals surface area (Å²) in [5, 5.41) is 0. The third kappa shape index (κ3) is 3.87. The molecule has 0 unspecified atom stereocenters. The molecule has 4 nitrogen and oxygen atoms in total. The fraction of sp³-hybridized carbons (Fsp3) is 0.370. The first kappa shape index (κ1) is 19.9. The molecule has 1 atom stereocenters. The number of aromatic nitrogens is 1. The minimum Gasteiger partial charge on any atom is -0.368 e. The van der Waals surface area contributed by atoms with E-state index < -0.39 is 0 Å². The molecule has 1 saturated heterocycles. The zero-order chi connectivity index (χ0) is 21.4. The lowest BCUT2D eigenvalue weighted by atomic mass is 9.89. The van der Waals surface area contributed by atoms with E-state index in [-0.39, 0.29) is 5.91 Å². The molecular formula is C27H31N3O. The molecule has 4 heteroatoms. The molecule has 1 aliphatic carbocycles. The Labute approximate surface area is 185 Å². The summed E-state index contributed by atoms with van der Waals surface area (Å²) in [5.74, 6) is 0.907. The number of hydrogen-bond donors (Lipinski definition) is 0. The van der Waals surface area contributed by atoms with E-state index in [2.05, 4.69) is 65.8 Å². The van der Waals surface area contributed by atoms with Crippen molar-refractivity contribution in [2.45, 2.75) is 33.1 Å². The van der Waals surface area contributed by atoms with Crippen LogP contribution < -0.4 is 4.90 Å². The number of fused-ring (bicyclic) bond motifs is 1. The Morgan fingerprint density at radius 1 is 0.903 bits per heavy atom. The summed E-state index contributed by atoms with van der Waals surface area (Å²) in [6.45, 7) is 7.81. The fourth-order valence-corrected chi connectivity index (χ4v) is 5.17. The summed E-state index contributed by atoms with van der Waals surface area (Å²) in [6, 6.07) is 21.0. The Morgan fingerprint density at radius 2 is 1.61 bits per heavy atom. The Morgan fingerprint density at radius 3 is 2.32 bits per heavy atom. The average molecular weight is 414 g/mol. The number of nitrogens with zero attached hydrogens (tertiary/aromatic N) is 3. The lowest BCUT2D eigenvalue weighted by Crippen LogP contribution is -2.48. The average Bonchev–Trinajstić information content (AvgIpc) is 3.14. The van der Waals surface area contributed by atoms with Crippen LogP contribution in [0.2, 0.25) is 0 Å². The van der Waals surface area contributed by atoms with E-state index in [0.717, 1.165) is 44.1 Å². The number of hydrogen-bond acceptors (Lipinski definition) is 2. The zero-order valence-electron chi connectivity index (χ0n) is 18.6. The van der Waals surface area contributed by atoms with Gasteiger partial charge in [0.15, 0.2) is 0 Å². The number of carbonyl (C=O) groups excluding carboxylic acids is 1. The first-order valence-corrected chi connectivity index (χ1v) is 11.5. The lowest BCUT2D eigenvalue weighted by molar-refractivity contribution is 0.0747. The van der Waals surface area contributed by atoms with E-state index in [1.807, 2.05) is 23.1 Å². The van der Waals surface area contributed by atoms with E-state index >= 15 is 0 Å². The normalized spacial score (nSPS) is 18.7. The molecule has 0 N–H and O–H groups in total. The molecular weight excluding hydrogens is 382 g/mol. The standard InChI is InChI=1S/C27H31N3O/c1-20-8-13-26-23(18-20)19-21(2)30(26)25-11-9-22(10-12-25)27(31)29-16-14-28(15-17-29)24-6-4-3-5-7-24/h3-7,9-12,19-20H,8,13-18H2,1-2H3/t20-/m0/s1. The van der Waals surface area contributed by atoms with Crippen molar-refractivity contribution < 1.29 is 4.79 Å². The van der Waals surface area contributed by atoms with Crippen molar-refractivity contribution in [2.24, 2.45) is 5.92 Å². The third-order valence-electron chi connectivity index (χ3n) is 6.88. The molecule has 1 aliphatic heterocycles. The smallest absolute Gasteiger partial charge is 0.253 e. The van der Waals surface area contributed by atoms with Crippen molar-refractivity contribution in [2.75, 3.05) is 31.1 Å². The second-order valence-electron chi connectivity index (χ2n) is 9.10. The SMILES string of the molecule is Cc1cc2c(n1-c1ccc(C(=O)N3CCN(c4ccccc4)CC3)cc1)CC[C@H](C)C2. The van der Waals surface area contributed by atoms with Gasteiger partial charge in [-0.3, -0.25) is 4.79 Å². The molecule has 1 aromatic heterocycles. The number of para-hydroxylation sites is 1. The van der Waals surface area contributed by atoms with Crippen LogP contribution in [0.15, 0.2) is 60.7 Å². The van der Waals surface area contributed by atoms with Crippen LogP contribution in [-0.2, 0) is 12.8 Å². The van der Waals surface area contributed by atoms with Gasteiger partial charge in [-0.15, -0.1) is 0 Å². The van der Waals surface area contributed by atoms with Gasteiger partial charge in [0.1, 0.15) is 0 Å². The third-order valence-corrected chi connectivity index (χ3v) is 6.88. The Hall–Kier alpha value is -3.01. The maximum Gasteiger partial charge on any atom is 0.253 e. The molecule has 1 fully saturated rings. The highest BCUT2D eigenvalue weighted by molar-refractivity contribution is 5.94. The van der Waals surface area contributed by atoms with E-state index in [1.54, 1.807) is 0 Å². The van der Waals surface area contributed by atoms with Crippen LogP contribution in [0.5, 0.6) is 0 Å². The van der Waals surface area contributed by atoms with Gasteiger partial charge in [0.05, 0.1) is 0 Å². The van der Waals surface area contributed by atoms with Crippen LogP contribution in [-0.4, -0.2) is 41.6 Å². The summed E-state index contributed by atoms with van der Waals surface area (Å²) in [5.41, 5.74) is 7.41. The first-order chi connectivity index (χ1) is 15.1. The summed E-state index contributed by atoms with van der Waals surface area (Å²) in [6.07, 6.45) is 3.56. The van der Waals surface area contributed by atoms with Crippen molar-refractivity contribution >= 4 is 11.6 Å². The van der Waals surface area contributed by atoms with Crippen LogP contribution in [0.4, 0.5) is 5.69 Å². The number of rotatable bonds is 3. The minimum absolute atomic E-state index is 0.138. The monoisotopic (exact) mass is 413 g/mol. The molecule has 0 radical (unpaired) electrons. The van der Waals surface area contributed by atoms with Crippen molar-refractivity contribution in [3.63, 3.8) is 0 Å². The molecule has 3 aromatic rings. The highest BCUT2D eigenvalue weighted by atomic mass is 16.2. The number of amides is 1. The maximum atomic E-state index is 13.1. The van der Waals surface area contributed by atoms with Gasteiger partial charge in [0.25, 0.3) is 5.91 Å². The number of benzene rings is 2. The Bertz CT molecular complexity index is 1060. The second-order valence-corrected chi connectivity index (χ2v) is 9.10. The maximum absolute atomic E-state index is 13.1. The quantitative estimate of drug-likeness (QED) is 0.613. The molecule has 0 spiro atoms. The first-order valence-electron chi connectivity index (χ1n) is 11.5. The molecule has 2 heterocycles. The molecule has 2 aliphatic rings. The summed E-state index contributed by atoms with van der Waals surface area (Å²) in [4.78, 5) is 17.4. The van der Waals surface area contributed by atoms with Gasteiger partial charge < -0.3 is 14.4 Å². The summed E-state index contributed by atoms with van der Waals surface area (Å²) >= 11 is 0. The van der Waals surface area contributed by atoms with Gasteiger partial charge in [0, 0.05) is 54.5 Å². The number of piperazine rings is 1. The van der Waals surface area contributed by atoms with Gasteiger partial charge in [-0.25, -0.2) is 0 Å². The molecule has 160 valence electrons. The van der Waals surface area contributed by atoms with Crippen LogP contribution in [0.25, 0.3) is 5.69 Å². The predicted molar refractivity (Wildman–Crippen MR) is 126 cm³/mol. The second kappa shape index (κ2) is 8.26. The largest absolute Gasteiger partial charge is 0.368 e. The van der Waals surface area contributed by atoms with E-state index in [0.29, 0.717) is 0 Å². The van der Waals surface area contributed by atoms with Crippen LogP contribution >= 0.6 is 0 Å². The van der Waals surface area contributed by atoms with E-state index in [4.69, 9.17) is 0 Å². The van der Waals surface area contributed by atoms with Gasteiger partial charge in [-0.05, 0) is 80.1 Å². The van der Waals surface area contributed by atoms with E-state index in [1.165, 1.54) is 41.2 Å². The van der Waals surface area contributed by atoms with Crippen LogP contribution in [0, 0.1) is 12.8 Å². The Kier molecular flexibility index (Phi) is 5.31. The van der Waals surface area contributed by atoms with Gasteiger partial charge >= 0.3 is 0 Å². The molecule has 1 amide bonds. The van der Waals surface area contributed by atoms with E-state index in [9.17, 15) is 4.79 Å². The topological polar surface area (TPSA) is 28.5 Å². The highest BCUT2D eigenvalue weighted by Gasteiger charge is 2.24. The number of anilines is 1. The van der Waals surface area contributed by atoms with Crippen molar-refractivity contribution in [1.82, 2.24) is 9.47 Å². The number of carbonyl (C=O) groups is 1. The highest BCUT2D eigenvalue weighted by Crippen LogP contribution is 2.30. The predicted octanol–water partition coefficient (Wildman–Crippen LogP) is 4.87. The number of aryl methyl sites for hydroxylation is 1.